The molecule has 0 aromatic carbocycles. The van der Waals surface area contributed by atoms with Crippen molar-refractivity contribution in [2.24, 2.45) is 11.5 Å². The molecule has 1 fully saturated rings. The van der Waals surface area contributed by atoms with E-state index in [4.69, 9.17) is 11.5 Å². The number of hydrazine groups is 1. The first-order chi connectivity index (χ1) is 9.09. The van der Waals surface area contributed by atoms with Gasteiger partial charge in [-0.25, -0.2) is 0 Å². The summed E-state index contributed by atoms with van der Waals surface area (Å²) in [6.45, 7) is 1.87. The first kappa shape index (κ1) is 13.7. The average molecular weight is 265 g/mol. The van der Waals surface area contributed by atoms with Gasteiger partial charge in [-0.3, -0.25) is 4.79 Å². The van der Waals surface area contributed by atoms with E-state index in [-0.39, 0.29) is 11.9 Å². The summed E-state index contributed by atoms with van der Waals surface area (Å²) in [5, 5.41) is 3.01. The van der Waals surface area contributed by atoms with Crippen molar-refractivity contribution in [2.75, 3.05) is 0 Å². The molecule has 2 aliphatic rings. The van der Waals surface area contributed by atoms with Gasteiger partial charge in [0.15, 0.2) is 0 Å². The molecular weight excluding hydrogens is 242 g/mol. The number of carbonyl (C=O) groups is 1. The zero-order valence-corrected chi connectivity index (χ0v) is 11.3. The highest BCUT2D eigenvalue weighted by molar-refractivity contribution is 5.85. The van der Waals surface area contributed by atoms with Gasteiger partial charge in [0.05, 0.1) is 11.4 Å². The number of nitrogens with two attached hydrogens (primary N) is 2. The zero-order chi connectivity index (χ0) is 13.8. The van der Waals surface area contributed by atoms with Crippen LogP contribution >= 0.6 is 0 Å². The molecule has 6 nitrogen and oxygen atoms in total. The predicted molar refractivity (Wildman–Crippen MR) is 74.2 cm³/mol. The summed E-state index contributed by atoms with van der Waals surface area (Å²) >= 11 is 0. The first-order valence-electron chi connectivity index (χ1n) is 6.84. The van der Waals surface area contributed by atoms with Crippen molar-refractivity contribution in [1.82, 2.24) is 16.2 Å². The molecule has 0 aromatic heterocycles. The highest BCUT2D eigenvalue weighted by atomic mass is 16.2. The molecule has 2 rings (SSSR count). The molecule has 1 unspecified atom stereocenters. The fourth-order valence-electron chi connectivity index (χ4n) is 2.49. The van der Waals surface area contributed by atoms with Crippen molar-refractivity contribution < 1.29 is 4.79 Å². The molecule has 0 spiro atoms. The van der Waals surface area contributed by atoms with Crippen molar-refractivity contribution in [2.45, 2.75) is 51.1 Å². The lowest BCUT2D eigenvalue weighted by atomic mass is 9.95. The highest BCUT2D eigenvalue weighted by Crippen LogP contribution is 2.18. The SMILES string of the molecule is CC1=CNNC(C(N)C(=O)NC2CCCCC2)=C1N. The lowest BCUT2D eigenvalue weighted by Crippen LogP contribution is -2.52. The Labute approximate surface area is 113 Å². The minimum Gasteiger partial charge on any atom is -0.397 e. The highest BCUT2D eigenvalue weighted by Gasteiger charge is 2.25. The second-order valence-corrected chi connectivity index (χ2v) is 5.25. The summed E-state index contributed by atoms with van der Waals surface area (Å²) in [4.78, 5) is 12.1. The van der Waals surface area contributed by atoms with Gasteiger partial charge in [0.2, 0.25) is 5.91 Å². The fraction of sp³-hybridized carbons (Fsp3) is 0.615. The van der Waals surface area contributed by atoms with Crippen LogP contribution in [-0.4, -0.2) is 18.0 Å². The maximum atomic E-state index is 12.1. The van der Waals surface area contributed by atoms with Gasteiger partial charge in [-0.1, -0.05) is 19.3 Å². The maximum Gasteiger partial charge on any atom is 0.243 e. The number of rotatable bonds is 3. The summed E-state index contributed by atoms with van der Waals surface area (Å²) in [5.74, 6) is -0.172. The molecule has 0 radical (unpaired) electrons. The van der Waals surface area contributed by atoms with Crippen LogP contribution in [0, 0.1) is 0 Å². The van der Waals surface area contributed by atoms with Gasteiger partial charge in [0.1, 0.15) is 6.04 Å². The van der Waals surface area contributed by atoms with Crippen LogP contribution < -0.4 is 27.6 Å². The number of hydrogen-bond acceptors (Lipinski definition) is 5. The molecular formula is C13H23N5O. The van der Waals surface area contributed by atoms with Crippen molar-refractivity contribution in [3.8, 4) is 0 Å². The minimum atomic E-state index is -0.766. The molecule has 1 aliphatic carbocycles. The van der Waals surface area contributed by atoms with E-state index in [0.29, 0.717) is 11.4 Å². The fourth-order valence-corrected chi connectivity index (χ4v) is 2.49. The normalized spacial score (nSPS) is 22.1. The third-order valence-corrected chi connectivity index (χ3v) is 3.76. The van der Waals surface area contributed by atoms with Crippen LogP contribution in [0.4, 0.5) is 0 Å². The van der Waals surface area contributed by atoms with Crippen molar-refractivity contribution in [1.29, 1.82) is 0 Å². The standard InChI is InChI=1S/C13H23N5O/c1-8-7-16-18-12(10(8)14)11(15)13(19)17-9-5-3-2-4-6-9/h7,9,11,16,18H,2-6,14-15H2,1H3,(H,17,19). The van der Waals surface area contributed by atoms with Gasteiger partial charge in [0.25, 0.3) is 0 Å². The number of amides is 1. The summed E-state index contributed by atoms with van der Waals surface area (Å²) < 4.78 is 0. The Bertz CT molecular complexity index is 409. The van der Waals surface area contributed by atoms with E-state index in [1.807, 2.05) is 6.92 Å². The van der Waals surface area contributed by atoms with E-state index in [9.17, 15) is 4.79 Å². The summed E-state index contributed by atoms with van der Waals surface area (Å²) in [7, 11) is 0. The maximum absolute atomic E-state index is 12.1. The van der Waals surface area contributed by atoms with E-state index < -0.39 is 6.04 Å². The Morgan fingerprint density at radius 1 is 1.42 bits per heavy atom. The Hall–Kier alpha value is -1.69. The van der Waals surface area contributed by atoms with E-state index in [1.165, 1.54) is 19.3 Å². The van der Waals surface area contributed by atoms with Crippen LogP contribution in [0.2, 0.25) is 0 Å². The second kappa shape index (κ2) is 5.97. The monoisotopic (exact) mass is 265 g/mol. The van der Waals surface area contributed by atoms with Gasteiger partial charge in [0, 0.05) is 12.2 Å². The van der Waals surface area contributed by atoms with Crippen LogP contribution in [-0.2, 0) is 4.79 Å². The molecule has 1 saturated carbocycles. The number of allylic oxidation sites excluding steroid dienone is 1. The van der Waals surface area contributed by atoms with Crippen LogP contribution in [0.25, 0.3) is 0 Å². The zero-order valence-electron chi connectivity index (χ0n) is 11.3. The van der Waals surface area contributed by atoms with Crippen molar-refractivity contribution >= 4 is 5.91 Å². The summed E-state index contributed by atoms with van der Waals surface area (Å²) in [6.07, 6.45) is 7.42. The molecule has 6 heteroatoms. The van der Waals surface area contributed by atoms with Gasteiger partial charge >= 0.3 is 0 Å². The Kier molecular flexibility index (Phi) is 4.31. The molecule has 0 saturated heterocycles. The molecule has 1 atom stereocenters. The number of carbonyl (C=O) groups excluding carboxylic acids is 1. The van der Waals surface area contributed by atoms with Crippen LogP contribution in [0.5, 0.6) is 0 Å². The lowest BCUT2D eigenvalue weighted by molar-refractivity contribution is -0.122. The second-order valence-electron chi connectivity index (χ2n) is 5.25. The first-order valence-corrected chi connectivity index (χ1v) is 6.84. The molecule has 19 heavy (non-hydrogen) atoms. The third kappa shape index (κ3) is 3.20. The molecule has 0 bridgehead atoms. The largest absolute Gasteiger partial charge is 0.397 e. The smallest absolute Gasteiger partial charge is 0.243 e. The Balaban J connectivity index is 1.98. The van der Waals surface area contributed by atoms with Crippen LogP contribution in [0.3, 0.4) is 0 Å². The Morgan fingerprint density at radius 3 is 2.79 bits per heavy atom. The minimum absolute atomic E-state index is 0.172. The van der Waals surface area contributed by atoms with Crippen LogP contribution in [0.1, 0.15) is 39.0 Å². The predicted octanol–water partition coefficient (Wildman–Crippen LogP) is -0.0555. The van der Waals surface area contributed by atoms with E-state index in [1.54, 1.807) is 6.20 Å². The summed E-state index contributed by atoms with van der Waals surface area (Å²) in [5.41, 5.74) is 19.6. The Morgan fingerprint density at radius 2 is 2.11 bits per heavy atom. The quantitative estimate of drug-likeness (QED) is 0.492. The number of nitrogens with one attached hydrogen (secondary N) is 3. The van der Waals surface area contributed by atoms with Gasteiger partial charge in [-0.2, -0.15) is 0 Å². The van der Waals surface area contributed by atoms with Gasteiger partial charge in [-0.05, 0) is 25.3 Å². The average Bonchev–Trinajstić information content (AvgIpc) is 2.42. The third-order valence-electron chi connectivity index (χ3n) is 3.76. The van der Waals surface area contributed by atoms with E-state index in [0.717, 1.165) is 18.4 Å². The molecule has 106 valence electrons. The summed E-state index contributed by atoms with van der Waals surface area (Å²) in [6, 6.07) is -0.514. The van der Waals surface area contributed by atoms with Gasteiger partial charge in [-0.15, -0.1) is 0 Å². The molecule has 1 aliphatic heterocycles. The molecule has 1 heterocycles. The molecule has 1 amide bonds. The van der Waals surface area contributed by atoms with Crippen molar-refractivity contribution in [3.63, 3.8) is 0 Å². The topological polar surface area (TPSA) is 105 Å². The molecule has 0 aromatic rings. The molecule has 7 N–H and O–H groups in total. The van der Waals surface area contributed by atoms with E-state index in [2.05, 4.69) is 16.2 Å². The van der Waals surface area contributed by atoms with Crippen LogP contribution in [0.15, 0.2) is 23.2 Å². The number of hydrogen-bond donors (Lipinski definition) is 5. The van der Waals surface area contributed by atoms with Crippen molar-refractivity contribution in [3.05, 3.63) is 23.2 Å². The van der Waals surface area contributed by atoms with E-state index >= 15 is 0 Å². The lowest BCUT2D eigenvalue weighted by Gasteiger charge is -2.27. The van der Waals surface area contributed by atoms with Gasteiger partial charge < -0.3 is 27.6 Å².